The quantitative estimate of drug-likeness (QED) is 0.724. The maximum atomic E-state index is 13.3. The van der Waals surface area contributed by atoms with Crippen molar-refractivity contribution in [3.63, 3.8) is 0 Å². The van der Waals surface area contributed by atoms with Crippen LogP contribution in [0.4, 0.5) is 0 Å². The van der Waals surface area contributed by atoms with Gasteiger partial charge in [0.15, 0.2) is 0 Å². The van der Waals surface area contributed by atoms with Crippen LogP contribution in [0.1, 0.15) is 55.7 Å². The maximum Gasteiger partial charge on any atom is 0.243 e. The van der Waals surface area contributed by atoms with Gasteiger partial charge in [0, 0.05) is 12.6 Å². The van der Waals surface area contributed by atoms with Crippen LogP contribution in [0.5, 0.6) is 0 Å². The summed E-state index contributed by atoms with van der Waals surface area (Å²) in [5, 5.41) is 3.19. The van der Waals surface area contributed by atoms with Crippen LogP contribution >= 0.6 is 0 Å². The number of amides is 2. The van der Waals surface area contributed by atoms with Gasteiger partial charge in [0.1, 0.15) is 6.04 Å². The Hall–Kier alpha value is -2.62. The summed E-state index contributed by atoms with van der Waals surface area (Å²) in [6, 6.07) is 17.7. The number of benzene rings is 2. The Morgan fingerprint density at radius 2 is 1.72 bits per heavy atom. The molecule has 1 aliphatic carbocycles. The van der Waals surface area contributed by atoms with E-state index in [0.29, 0.717) is 19.4 Å². The Morgan fingerprint density at radius 1 is 1.03 bits per heavy atom. The van der Waals surface area contributed by atoms with Gasteiger partial charge in [-0.25, -0.2) is 0 Å². The van der Waals surface area contributed by atoms with Gasteiger partial charge in [-0.2, -0.15) is 0 Å². The van der Waals surface area contributed by atoms with Gasteiger partial charge in [-0.1, -0.05) is 79.9 Å². The van der Waals surface area contributed by atoms with Crippen LogP contribution in [0.15, 0.2) is 54.6 Å². The van der Waals surface area contributed by atoms with Gasteiger partial charge in [-0.05, 0) is 37.3 Å². The van der Waals surface area contributed by atoms with E-state index in [9.17, 15) is 9.59 Å². The van der Waals surface area contributed by atoms with Crippen molar-refractivity contribution in [2.24, 2.45) is 0 Å². The fraction of sp³-hybridized carbons (Fsp3) is 0.440. The van der Waals surface area contributed by atoms with Gasteiger partial charge >= 0.3 is 0 Å². The Kier molecular flexibility index (Phi) is 7.45. The second-order valence-corrected chi connectivity index (χ2v) is 8.09. The number of nitrogens with one attached hydrogen (secondary N) is 1. The highest BCUT2D eigenvalue weighted by Gasteiger charge is 2.30. The van der Waals surface area contributed by atoms with Crippen molar-refractivity contribution in [1.29, 1.82) is 0 Å². The minimum atomic E-state index is -0.451. The van der Waals surface area contributed by atoms with E-state index in [4.69, 9.17) is 0 Å². The van der Waals surface area contributed by atoms with Crippen LogP contribution in [0, 0.1) is 6.92 Å². The first-order valence-corrected chi connectivity index (χ1v) is 10.8. The van der Waals surface area contributed by atoms with Crippen LogP contribution in [0.3, 0.4) is 0 Å². The molecule has 4 heteroatoms. The number of hydrogen-bond acceptors (Lipinski definition) is 2. The van der Waals surface area contributed by atoms with Crippen molar-refractivity contribution >= 4 is 11.8 Å². The molecule has 4 nitrogen and oxygen atoms in total. The first-order chi connectivity index (χ1) is 14.1. The van der Waals surface area contributed by atoms with E-state index < -0.39 is 6.04 Å². The third-order valence-corrected chi connectivity index (χ3v) is 5.72. The molecule has 0 aromatic heterocycles. The van der Waals surface area contributed by atoms with Crippen molar-refractivity contribution in [1.82, 2.24) is 10.2 Å². The van der Waals surface area contributed by atoms with Crippen molar-refractivity contribution < 1.29 is 9.59 Å². The molecule has 3 rings (SSSR count). The molecule has 0 spiro atoms. The predicted molar refractivity (Wildman–Crippen MR) is 116 cm³/mol. The lowest BCUT2D eigenvalue weighted by Gasteiger charge is -2.31. The Labute approximate surface area is 174 Å². The summed E-state index contributed by atoms with van der Waals surface area (Å²) in [6.07, 6.45) is 5.33. The number of nitrogens with zero attached hydrogens (tertiary/aromatic N) is 1. The molecule has 0 aliphatic heterocycles. The lowest BCUT2D eigenvalue weighted by atomic mass is 10.0. The zero-order valence-corrected chi connectivity index (χ0v) is 17.6. The van der Waals surface area contributed by atoms with Crippen LogP contribution in [-0.2, 0) is 22.6 Å². The molecule has 1 saturated carbocycles. The Bertz CT molecular complexity index is 813. The zero-order valence-electron chi connectivity index (χ0n) is 17.6. The number of hydrogen-bond donors (Lipinski definition) is 1. The number of aryl methyl sites for hydroxylation is 1. The van der Waals surface area contributed by atoms with Crippen LogP contribution in [0.25, 0.3) is 0 Å². The highest BCUT2D eigenvalue weighted by molar-refractivity contribution is 5.88. The second kappa shape index (κ2) is 10.2. The molecular formula is C25H32N2O2. The first kappa shape index (κ1) is 21.1. The predicted octanol–water partition coefficient (Wildman–Crippen LogP) is 4.40. The molecular weight excluding hydrogens is 360 g/mol. The molecule has 0 bridgehead atoms. The van der Waals surface area contributed by atoms with Gasteiger partial charge in [0.2, 0.25) is 11.8 Å². The van der Waals surface area contributed by atoms with Gasteiger partial charge in [-0.15, -0.1) is 0 Å². The second-order valence-electron chi connectivity index (χ2n) is 8.09. The normalized spacial score (nSPS) is 15.1. The van der Waals surface area contributed by atoms with E-state index in [2.05, 4.69) is 5.32 Å². The minimum Gasteiger partial charge on any atom is -0.352 e. The van der Waals surface area contributed by atoms with Crippen molar-refractivity contribution in [2.45, 2.75) is 71.0 Å². The smallest absolute Gasteiger partial charge is 0.243 e. The van der Waals surface area contributed by atoms with Crippen molar-refractivity contribution in [2.75, 3.05) is 0 Å². The van der Waals surface area contributed by atoms with E-state index in [1.165, 1.54) is 12.8 Å². The first-order valence-electron chi connectivity index (χ1n) is 10.8. The van der Waals surface area contributed by atoms with E-state index in [-0.39, 0.29) is 17.9 Å². The fourth-order valence-electron chi connectivity index (χ4n) is 4.17. The summed E-state index contributed by atoms with van der Waals surface area (Å²) in [4.78, 5) is 28.1. The van der Waals surface area contributed by atoms with Crippen molar-refractivity contribution in [3.8, 4) is 0 Å². The molecule has 2 amide bonds. The van der Waals surface area contributed by atoms with E-state index in [1.807, 2.05) is 68.4 Å². The number of rotatable bonds is 8. The highest BCUT2D eigenvalue weighted by Crippen LogP contribution is 2.20. The summed E-state index contributed by atoms with van der Waals surface area (Å²) in [5.41, 5.74) is 3.16. The average Bonchev–Trinajstić information content (AvgIpc) is 3.21. The molecule has 2 aromatic carbocycles. The van der Waals surface area contributed by atoms with E-state index >= 15 is 0 Å². The van der Waals surface area contributed by atoms with Gasteiger partial charge in [-0.3, -0.25) is 9.59 Å². The number of carbonyl (C=O) groups excluding carboxylic acids is 2. The fourth-order valence-corrected chi connectivity index (χ4v) is 4.17. The molecule has 29 heavy (non-hydrogen) atoms. The third kappa shape index (κ3) is 5.93. The van der Waals surface area contributed by atoms with E-state index in [1.54, 1.807) is 4.90 Å². The minimum absolute atomic E-state index is 0.00660. The molecule has 0 saturated heterocycles. The van der Waals surface area contributed by atoms with Crippen LogP contribution in [-0.4, -0.2) is 28.8 Å². The molecule has 0 heterocycles. The van der Waals surface area contributed by atoms with Crippen molar-refractivity contribution in [3.05, 3.63) is 71.3 Å². The molecule has 1 fully saturated rings. The molecule has 2 aromatic rings. The lowest BCUT2D eigenvalue weighted by molar-refractivity contribution is -0.141. The topological polar surface area (TPSA) is 49.4 Å². The molecule has 1 atom stereocenters. The highest BCUT2D eigenvalue weighted by atomic mass is 16.2. The average molecular weight is 393 g/mol. The standard InChI is InChI=1S/C25H32N2O2/c1-3-23(25(29)26-22-14-7-8-15-22)27(18-20-11-5-4-6-12-20)24(28)17-21-13-9-10-19(2)16-21/h4-6,9-13,16,22-23H,3,7-8,14-15,17-18H2,1-2H3,(H,26,29). The number of carbonyl (C=O) groups is 2. The molecule has 1 unspecified atom stereocenters. The SMILES string of the molecule is CCC(C(=O)NC1CCCC1)N(Cc1ccccc1)C(=O)Cc1cccc(C)c1. The largest absolute Gasteiger partial charge is 0.352 e. The maximum absolute atomic E-state index is 13.3. The monoisotopic (exact) mass is 392 g/mol. The summed E-state index contributed by atoms with van der Waals surface area (Å²) in [6.45, 7) is 4.46. The molecule has 1 aliphatic rings. The van der Waals surface area contributed by atoms with Gasteiger partial charge in [0.05, 0.1) is 6.42 Å². The summed E-state index contributed by atoms with van der Waals surface area (Å²) in [7, 11) is 0. The van der Waals surface area contributed by atoms with Crippen LogP contribution in [0.2, 0.25) is 0 Å². The third-order valence-electron chi connectivity index (χ3n) is 5.72. The van der Waals surface area contributed by atoms with E-state index in [0.717, 1.165) is 29.5 Å². The van der Waals surface area contributed by atoms with Gasteiger partial charge < -0.3 is 10.2 Å². The summed E-state index contributed by atoms with van der Waals surface area (Å²) >= 11 is 0. The Morgan fingerprint density at radius 3 is 2.38 bits per heavy atom. The Balaban J connectivity index is 1.79. The lowest BCUT2D eigenvalue weighted by Crippen LogP contribution is -2.51. The summed E-state index contributed by atoms with van der Waals surface area (Å²) in [5.74, 6) is -0.0270. The molecule has 154 valence electrons. The molecule has 1 N–H and O–H groups in total. The van der Waals surface area contributed by atoms with Gasteiger partial charge in [0.25, 0.3) is 0 Å². The molecule has 0 radical (unpaired) electrons. The summed E-state index contributed by atoms with van der Waals surface area (Å²) < 4.78 is 0. The zero-order chi connectivity index (χ0) is 20.6. The van der Waals surface area contributed by atoms with Crippen LogP contribution < -0.4 is 5.32 Å².